The third kappa shape index (κ3) is 2.70. The first-order valence-electron chi connectivity index (χ1n) is 6.64. The molecule has 1 aliphatic carbocycles. The monoisotopic (exact) mass is 294 g/mol. The molecule has 6 heteroatoms. The van der Waals surface area contributed by atoms with Crippen LogP contribution >= 0.6 is 0 Å². The zero-order valence-electron chi connectivity index (χ0n) is 11.3. The Kier molecular flexibility index (Phi) is 3.11. The summed E-state index contributed by atoms with van der Waals surface area (Å²) in [5, 5.41) is 0. The molecule has 0 atom stereocenters. The maximum absolute atomic E-state index is 12.6. The topological polar surface area (TPSA) is 45.8 Å². The first kappa shape index (κ1) is 13.9. The summed E-state index contributed by atoms with van der Waals surface area (Å²) >= 11 is 0. The summed E-state index contributed by atoms with van der Waals surface area (Å²) in [6, 6.07) is 4.73. The fourth-order valence-electron chi connectivity index (χ4n) is 2.20. The van der Waals surface area contributed by atoms with Crippen molar-refractivity contribution in [3.63, 3.8) is 0 Å². The number of hydrogen-bond donors (Lipinski definition) is 1. The number of benzene rings is 1. The quantitative estimate of drug-likeness (QED) is 0.919. The van der Waals surface area contributed by atoms with Gasteiger partial charge in [0.1, 0.15) is 5.82 Å². The number of H-pyrrole nitrogens is 1. The standard InChI is InChI=1S/C15H13F3N2O/c1-8-12(19-13(10-2-3-10)20-14(8)21)9-4-6-11(7-5-9)15(16,17)18/h4-7,10H,2-3H2,1H3,(H,19,20,21). The van der Waals surface area contributed by atoms with E-state index >= 15 is 0 Å². The highest BCUT2D eigenvalue weighted by Gasteiger charge is 2.30. The molecule has 0 bridgehead atoms. The molecular weight excluding hydrogens is 281 g/mol. The second kappa shape index (κ2) is 4.72. The Morgan fingerprint density at radius 3 is 2.33 bits per heavy atom. The van der Waals surface area contributed by atoms with Gasteiger partial charge in [-0.25, -0.2) is 4.98 Å². The van der Waals surface area contributed by atoms with E-state index in [1.54, 1.807) is 6.92 Å². The highest BCUT2D eigenvalue weighted by atomic mass is 19.4. The molecule has 3 nitrogen and oxygen atoms in total. The van der Waals surface area contributed by atoms with Crippen LogP contribution in [0.5, 0.6) is 0 Å². The maximum Gasteiger partial charge on any atom is 0.416 e. The van der Waals surface area contributed by atoms with Crippen LogP contribution in [-0.4, -0.2) is 9.97 Å². The first-order valence-corrected chi connectivity index (χ1v) is 6.64. The Morgan fingerprint density at radius 1 is 1.19 bits per heavy atom. The lowest BCUT2D eigenvalue weighted by Crippen LogP contribution is -2.15. The molecule has 2 aromatic rings. The van der Waals surface area contributed by atoms with Gasteiger partial charge < -0.3 is 4.98 Å². The van der Waals surface area contributed by atoms with Crippen molar-refractivity contribution >= 4 is 0 Å². The Hall–Kier alpha value is -2.11. The molecule has 1 N–H and O–H groups in total. The van der Waals surface area contributed by atoms with E-state index in [0.717, 1.165) is 25.0 Å². The van der Waals surface area contributed by atoms with E-state index < -0.39 is 11.7 Å². The lowest BCUT2D eigenvalue weighted by Gasteiger charge is -2.10. The van der Waals surface area contributed by atoms with Gasteiger partial charge in [-0.05, 0) is 31.9 Å². The van der Waals surface area contributed by atoms with Crippen molar-refractivity contribution < 1.29 is 13.2 Å². The molecule has 1 fully saturated rings. The lowest BCUT2D eigenvalue weighted by atomic mass is 10.1. The Labute approximate surface area is 118 Å². The zero-order valence-corrected chi connectivity index (χ0v) is 11.3. The SMILES string of the molecule is Cc1c(-c2ccc(C(F)(F)F)cc2)nc(C2CC2)[nH]c1=O. The molecule has 1 aromatic carbocycles. The van der Waals surface area contributed by atoms with Crippen LogP contribution in [0.3, 0.4) is 0 Å². The zero-order chi connectivity index (χ0) is 15.2. The van der Waals surface area contributed by atoms with E-state index in [-0.39, 0.29) is 11.5 Å². The van der Waals surface area contributed by atoms with Crippen molar-refractivity contribution in [1.82, 2.24) is 9.97 Å². The van der Waals surface area contributed by atoms with Gasteiger partial charge in [-0.2, -0.15) is 13.2 Å². The van der Waals surface area contributed by atoms with Crippen LogP contribution in [0.25, 0.3) is 11.3 Å². The number of rotatable bonds is 2. The fourth-order valence-corrected chi connectivity index (χ4v) is 2.20. The molecule has 110 valence electrons. The largest absolute Gasteiger partial charge is 0.416 e. The lowest BCUT2D eigenvalue weighted by molar-refractivity contribution is -0.137. The highest BCUT2D eigenvalue weighted by molar-refractivity contribution is 5.63. The van der Waals surface area contributed by atoms with Gasteiger partial charge in [-0.15, -0.1) is 0 Å². The van der Waals surface area contributed by atoms with Gasteiger partial charge in [0.15, 0.2) is 0 Å². The van der Waals surface area contributed by atoms with E-state index in [1.807, 2.05) is 0 Å². The number of alkyl halides is 3. The second-order valence-corrected chi connectivity index (χ2v) is 5.27. The Morgan fingerprint density at radius 2 is 1.81 bits per heavy atom. The molecule has 0 spiro atoms. The summed E-state index contributed by atoms with van der Waals surface area (Å²) in [4.78, 5) is 19.1. The summed E-state index contributed by atoms with van der Waals surface area (Å²) in [7, 11) is 0. The van der Waals surface area contributed by atoms with Gasteiger partial charge in [0.25, 0.3) is 5.56 Å². The van der Waals surface area contributed by atoms with Crippen molar-refractivity contribution in [1.29, 1.82) is 0 Å². The van der Waals surface area contributed by atoms with Gasteiger partial charge in [0, 0.05) is 17.0 Å². The molecule has 1 aromatic heterocycles. The second-order valence-electron chi connectivity index (χ2n) is 5.27. The summed E-state index contributed by atoms with van der Waals surface area (Å²) < 4.78 is 37.7. The van der Waals surface area contributed by atoms with Crippen molar-refractivity contribution in [3.8, 4) is 11.3 Å². The van der Waals surface area contributed by atoms with Crippen LogP contribution < -0.4 is 5.56 Å². The number of nitrogens with zero attached hydrogens (tertiary/aromatic N) is 1. The van der Waals surface area contributed by atoms with E-state index in [9.17, 15) is 18.0 Å². The molecule has 3 rings (SSSR count). The molecule has 1 heterocycles. The number of nitrogens with one attached hydrogen (secondary N) is 1. The van der Waals surface area contributed by atoms with Crippen LogP contribution in [0.1, 0.15) is 35.7 Å². The predicted molar refractivity (Wildman–Crippen MR) is 72.0 cm³/mol. The average Bonchev–Trinajstić information content (AvgIpc) is 3.25. The summed E-state index contributed by atoms with van der Waals surface area (Å²) in [6.45, 7) is 1.62. The molecule has 0 radical (unpaired) electrons. The van der Waals surface area contributed by atoms with Crippen molar-refractivity contribution in [3.05, 3.63) is 51.6 Å². The summed E-state index contributed by atoms with van der Waals surface area (Å²) in [6.07, 6.45) is -2.40. The van der Waals surface area contributed by atoms with Crippen molar-refractivity contribution in [2.24, 2.45) is 0 Å². The normalized spacial score (nSPS) is 15.2. The Balaban J connectivity index is 2.05. The van der Waals surface area contributed by atoms with Gasteiger partial charge in [0.05, 0.1) is 11.3 Å². The predicted octanol–water partition coefficient (Wildman–Crippen LogP) is 3.64. The fraction of sp³-hybridized carbons (Fsp3) is 0.333. The van der Waals surface area contributed by atoms with E-state index in [2.05, 4.69) is 9.97 Å². The first-order chi connectivity index (χ1) is 9.86. The van der Waals surface area contributed by atoms with E-state index in [0.29, 0.717) is 22.6 Å². The molecule has 0 amide bonds. The van der Waals surface area contributed by atoms with Gasteiger partial charge in [-0.1, -0.05) is 12.1 Å². The number of aromatic nitrogens is 2. The van der Waals surface area contributed by atoms with Gasteiger partial charge in [-0.3, -0.25) is 4.79 Å². The molecule has 1 saturated carbocycles. The number of hydrogen-bond acceptors (Lipinski definition) is 2. The molecule has 1 aliphatic rings. The number of aromatic amines is 1. The summed E-state index contributed by atoms with van der Waals surface area (Å²) in [5.74, 6) is 0.895. The number of halogens is 3. The van der Waals surface area contributed by atoms with Gasteiger partial charge >= 0.3 is 6.18 Å². The van der Waals surface area contributed by atoms with Crippen molar-refractivity contribution in [2.75, 3.05) is 0 Å². The highest BCUT2D eigenvalue weighted by Crippen LogP contribution is 2.38. The van der Waals surface area contributed by atoms with Crippen LogP contribution in [0, 0.1) is 6.92 Å². The minimum Gasteiger partial charge on any atom is -0.310 e. The maximum atomic E-state index is 12.6. The minimum atomic E-state index is -4.37. The molecule has 0 unspecified atom stereocenters. The third-order valence-electron chi connectivity index (χ3n) is 3.62. The average molecular weight is 294 g/mol. The van der Waals surface area contributed by atoms with Gasteiger partial charge in [0.2, 0.25) is 0 Å². The smallest absolute Gasteiger partial charge is 0.310 e. The van der Waals surface area contributed by atoms with Crippen LogP contribution in [0.2, 0.25) is 0 Å². The van der Waals surface area contributed by atoms with Crippen LogP contribution in [-0.2, 0) is 6.18 Å². The molecule has 21 heavy (non-hydrogen) atoms. The van der Waals surface area contributed by atoms with Crippen molar-refractivity contribution in [2.45, 2.75) is 31.9 Å². The molecular formula is C15H13F3N2O. The molecule has 0 aliphatic heterocycles. The van der Waals surface area contributed by atoms with E-state index in [1.165, 1.54) is 12.1 Å². The van der Waals surface area contributed by atoms with E-state index in [4.69, 9.17) is 0 Å². The summed E-state index contributed by atoms with van der Waals surface area (Å²) in [5.41, 5.74) is 0.444. The third-order valence-corrected chi connectivity index (χ3v) is 3.62. The Bertz CT molecular complexity index is 728. The van der Waals surface area contributed by atoms with Crippen LogP contribution in [0.4, 0.5) is 13.2 Å². The minimum absolute atomic E-state index is 0.234. The molecule has 0 saturated heterocycles. The van der Waals surface area contributed by atoms with Crippen LogP contribution in [0.15, 0.2) is 29.1 Å².